The summed E-state index contributed by atoms with van der Waals surface area (Å²) < 4.78 is 60.7. The molecule has 6 rings (SSSR count). The van der Waals surface area contributed by atoms with Crippen molar-refractivity contribution in [3.8, 4) is 0 Å². The molecule has 4 aromatic heterocycles. The van der Waals surface area contributed by atoms with Gasteiger partial charge in [0.2, 0.25) is 11.9 Å². The molecule has 4 aromatic rings. The second-order valence-electron chi connectivity index (χ2n) is 10.1. The van der Waals surface area contributed by atoms with Crippen LogP contribution in [0, 0.1) is 0 Å². The van der Waals surface area contributed by atoms with Crippen LogP contribution in [-0.4, -0.2) is 105 Å². The molecule has 2 fully saturated rings. The minimum Gasteiger partial charge on any atom is -0.386 e. The quantitative estimate of drug-likeness (QED) is 0.0485. The number of hydrogen-bond acceptors (Lipinski definition) is 19. The first kappa shape index (κ1) is 33.9. The van der Waals surface area contributed by atoms with E-state index in [0.29, 0.717) is 0 Å². The highest BCUT2D eigenvalue weighted by Gasteiger charge is 2.51. The third-order valence-corrected chi connectivity index (χ3v) is 9.39. The monoisotopic (exact) mass is 736 g/mol. The third-order valence-electron chi connectivity index (χ3n) is 7.26. The van der Waals surface area contributed by atoms with Crippen LogP contribution in [0.4, 0.5) is 11.9 Å². The first-order valence-electron chi connectivity index (χ1n) is 13.4. The summed E-state index contributed by atoms with van der Waals surface area (Å²) in [5, 5.41) is 22.2. The number of nitrogen functional groups attached to an aromatic ring is 2. The molecule has 2 aliphatic heterocycles. The van der Waals surface area contributed by atoms with E-state index in [1.807, 2.05) is 0 Å². The van der Waals surface area contributed by atoms with Crippen molar-refractivity contribution in [1.29, 1.82) is 0 Å². The highest BCUT2D eigenvalue weighted by atomic mass is 32.7. The summed E-state index contributed by atoms with van der Waals surface area (Å²) in [4.78, 5) is 45.2. The van der Waals surface area contributed by atoms with Crippen molar-refractivity contribution in [1.82, 2.24) is 39.0 Å². The predicted molar refractivity (Wildman–Crippen MR) is 165 cm³/mol. The van der Waals surface area contributed by atoms with Gasteiger partial charge in [0.25, 0.3) is 11.1 Å². The summed E-state index contributed by atoms with van der Waals surface area (Å²) in [6.45, 7) is -5.17. The Morgan fingerprint density at radius 3 is 1.96 bits per heavy atom. The Balaban J connectivity index is 1.20. The van der Waals surface area contributed by atoms with Crippen LogP contribution in [-0.2, 0) is 36.9 Å². The number of fused-ring (bicyclic) bond motifs is 2. The first-order chi connectivity index (χ1) is 22.4. The number of thiol groups is 2. The number of aliphatic hydroxyl groups is 2. The van der Waals surface area contributed by atoms with Crippen LogP contribution in [0.15, 0.2) is 22.2 Å². The highest BCUT2D eigenvalue weighted by molar-refractivity contribution is 8.44. The topological polar surface area (TPSA) is 309 Å². The van der Waals surface area contributed by atoms with Crippen molar-refractivity contribution < 1.29 is 47.1 Å². The number of aromatic amines is 2. The number of rotatable bonds is 12. The van der Waals surface area contributed by atoms with E-state index in [2.05, 4.69) is 54.8 Å². The van der Waals surface area contributed by atoms with Crippen molar-refractivity contribution in [2.24, 2.45) is 0 Å². The van der Waals surface area contributed by atoms with E-state index in [1.54, 1.807) is 0 Å². The SMILES string of the molecule is Nc1nc2c(ncn2[C@@H]2O[C@H](CO[P@@](=O)(S)O[C@H]3[C@@H](O)[C@H](n4cnc5c(=O)[nH]c(N)nc54)O[C@@H]3COCS)[C@@H](OP=O)[C@H]2O)c(=O)[nH]1. The third kappa shape index (κ3) is 6.56. The lowest BCUT2D eigenvalue weighted by Crippen LogP contribution is -2.36. The van der Waals surface area contributed by atoms with Crippen molar-refractivity contribution in [2.75, 3.05) is 30.6 Å². The molecule has 8 N–H and O–H groups in total. The maximum atomic E-state index is 13.5. The summed E-state index contributed by atoms with van der Waals surface area (Å²) >= 11 is 8.06. The molecular formula is C21H26N10O12P2S2. The highest BCUT2D eigenvalue weighted by Crippen LogP contribution is 2.56. The van der Waals surface area contributed by atoms with Crippen LogP contribution in [0.3, 0.4) is 0 Å². The smallest absolute Gasteiger partial charge is 0.386 e. The normalized spacial score (nSPS) is 29.3. The van der Waals surface area contributed by atoms with Gasteiger partial charge in [-0.3, -0.25) is 42.3 Å². The molecule has 22 nitrogen and oxygen atoms in total. The van der Waals surface area contributed by atoms with E-state index in [0.717, 1.165) is 0 Å². The van der Waals surface area contributed by atoms with E-state index < -0.39 is 82.3 Å². The van der Waals surface area contributed by atoms with Gasteiger partial charge in [0.05, 0.1) is 31.8 Å². The minimum absolute atomic E-state index is 0.00140. The van der Waals surface area contributed by atoms with E-state index in [1.165, 1.54) is 21.8 Å². The molecule has 6 heterocycles. The molecule has 0 amide bonds. The number of H-pyrrole nitrogens is 2. The van der Waals surface area contributed by atoms with Crippen molar-refractivity contribution in [3.05, 3.63) is 33.4 Å². The zero-order valence-electron chi connectivity index (χ0n) is 23.5. The van der Waals surface area contributed by atoms with Gasteiger partial charge in [0.1, 0.15) is 36.6 Å². The Bertz CT molecular complexity index is 1960. The predicted octanol–water partition coefficient (Wildman–Crippen LogP) is -1.13. The fourth-order valence-corrected chi connectivity index (χ4v) is 7.21. The first-order valence-corrected chi connectivity index (χ1v) is 17.4. The number of aromatic nitrogens is 8. The number of aliphatic hydroxyl groups excluding tert-OH is 2. The van der Waals surface area contributed by atoms with Gasteiger partial charge in [-0.15, -0.1) is 0 Å². The van der Waals surface area contributed by atoms with Crippen molar-refractivity contribution in [3.63, 3.8) is 0 Å². The maximum absolute atomic E-state index is 13.5. The van der Waals surface area contributed by atoms with Crippen molar-refractivity contribution >= 4 is 74.6 Å². The summed E-state index contributed by atoms with van der Waals surface area (Å²) in [7, 11) is -0.820. The molecule has 0 aromatic carbocycles. The van der Waals surface area contributed by atoms with Crippen molar-refractivity contribution in [2.45, 2.75) is 49.1 Å². The molecule has 0 unspecified atom stereocenters. The van der Waals surface area contributed by atoms with Gasteiger partial charge in [0, 0.05) is 0 Å². The fourth-order valence-electron chi connectivity index (χ4n) is 5.26. The van der Waals surface area contributed by atoms with E-state index in [-0.39, 0.29) is 46.8 Å². The molecule has 0 saturated carbocycles. The van der Waals surface area contributed by atoms with Crippen LogP contribution < -0.4 is 22.6 Å². The number of anilines is 2. The van der Waals surface area contributed by atoms with Gasteiger partial charge in [0.15, 0.2) is 34.8 Å². The van der Waals surface area contributed by atoms with Crippen LogP contribution in [0.1, 0.15) is 12.5 Å². The van der Waals surface area contributed by atoms with E-state index >= 15 is 0 Å². The minimum atomic E-state index is -4.39. The number of ether oxygens (including phenoxy) is 3. The van der Waals surface area contributed by atoms with Crippen LogP contribution in [0.2, 0.25) is 0 Å². The van der Waals surface area contributed by atoms with E-state index in [9.17, 15) is 28.9 Å². The molecule has 0 bridgehead atoms. The molecule has 0 spiro atoms. The van der Waals surface area contributed by atoms with Gasteiger partial charge in [-0.1, -0.05) is 12.2 Å². The average Bonchev–Trinajstić information content (AvgIpc) is 3.77. The Kier molecular flexibility index (Phi) is 9.73. The Hall–Kier alpha value is -2.99. The fraction of sp³-hybridized carbons (Fsp3) is 0.524. The molecule has 0 radical (unpaired) electrons. The number of hydrogen-bond donors (Lipinski definition) is 8. The summed E-state index contributed by atoms with van der Waals surface area (Å²) in [5.74, 6) is -0.456. The zero-order valence-corrected chi connectivity index (χ0v) is 27.1. The lowest BCUT2D eigenvalue weighted by Gasteiger charge is -2.25. The molecule has 2 aliphatic rings. The second kappa shape index (κ2) is 13.5. The van der Waals surface area contributed by atoms with Crippen LogP contribution in [0.5, 0.6) is 0 Å². The van der Waals surface area contributed by atoms with Crippen LogP contribution in [0.25, 0.3) is 22.3 Å². The Morgan fingerprint density at radius 2 is 1.45 bits per heavy atom. The molecule has 26 heteroatoms. The molecular weight excluding hydrogens is 710 g/mol. The molecule has 9 atom stereocenters. The lowest BCUT2D eigenvalue weighted by molar-refractivity contribution is -0.0599. The zero-order chi connectivity index (χ0) is 33.6. The molecule has 47 heavy (non-hydrogen) atoms. The Morgan fingerprint density at radius 1 is 0.936 bits per heavy atom. The molecule has 2 saturated heterocycles. The summed E-state index contributed by atoms with van der Waals surface area (Å²) in [6, 6.07) is 0. The van der Waals surface area contributed by atoms with Gasteiger partial charge in [-0.05, 0) is 0 Å². The number of nitrogens with one attached hydrogen (secondary N) is 2. The maximum Gasteiger partial charge on any atom is 0.386 e. The van der Waals surface area contributed by atoms with Gasteiger partial charge in [-0.2, -0.15) is 22.6 Å². The lowest BCUT2D eigenvalue weighted by atomic mass is 10.1. The standard InChI is InChI=1S/C21H26N10O12P2S2/c22-20-26-14-8(16(34)28-20)24-3-30(14)18-10(32)12(42-44-36)7(41-18)2-39-45(37,47)43-13-6(1-38-5-46)40-19(11(13)33)31-4-25-9-15(31)27-21(23)29-17(9)35/h3-4,6-7,10-13,18-19,32-33,46H,1-2,5H2,(H,37,47)(H3,22,26,28,34)(H3,23,27,29,35)/t6-,7-,10-,11-,12-,13-,18-,19-,45-/m1/s1. The summed E-state index contributed by atoms with van der Waals surface area (Å²) in [5.41, 5.74) is 9.88. The molecule has 254 valence electrons. The Labute approximate surface area is 273 Å². The number of nitrogens with two attached hydrogens (primary N) is 2. The summed E-state index contributed by atoms with van der Waals surface area (Å²) in [6.07, 6.45) is -8.25. The van der Waals surface area contributed by atoms with Gasteiger partial charge >= 0.3 is 15.5 Å². The second-order valence-corrected chi connectivity index (χ2v) is 13.6. The largest absolute Gasteiger partial charge is 0.386 e. The number of nitrogens with zero attached hydrogens (tertiary/aromatic N) is 6. The number of imidazole rings is 2. The van der Waals surface area contributed by atoms with Gasteiger partial charge < -0.3 is 35.9 Å². The molecule has 0 aliphatic carbocycles. The van der Waals surface area contributed by atoms with Crippen LogP contribution >= 0.6 is 40.4 Å². The van der Waals surface area contributed by atoms with E-state index in [4.69, 9.17) is 39.2 Å². The van der Waals surface area contributed by atoms with Gasteiger partial charge in [-0.25, -0.2) is 19.1 Å². The average molecular weight is 737 g/mol.